The van der Waals surface area contributed by atoms with Crippen LogP contribution in [-0.2, 0) is 4.43 Å². The molecule has 0 rings (SSSR count). The maximum atomic E-state index is 8.48. The van der Waals surface area contributed by atoms with Crippen molar-refractivity contribution in [3.8, 4) is 0 Å². The SMILES string of the molecule is CCC(CC)O[Si](O)(O)O. The van der Waals surface area contributed by atoms with Gasteiger partial charge >= 0.3 is 9.05 Å². The first-order valence-electron chi connectivity index (χ1n) is 3.34. The third-order valence-corrected chi connectivity index (χ3v) is 1.89. The van der Waals surface area contributed by atoms with Gasteiger partial charge < -0.3 is 18.8 Å². The Balaban J connectivity index is 3.63. The summed E-state index contributed by atoms with van der Waals surface area (Å²) in [5.41, 5.74) is 0. The average molecular weight is 166 g/mol. The summed E-state index contributed by atoms with van der Waals surface area (Å²) >= 11 is 0. The van der Waals surface area contributed by atoms with Gasteiger partial charge in [0.05, 0.1) is 6.10 Å². The summed E-state index contributed by atoms with van der Waals surface area (Å²) in [5, 5.41) is 0. The van der Waals surface area contributed by atoms with E-state index in [2.05, 4.69) is 4.43 Å². The molecule has 10 heavy (non-hydrogen) atoms. The van der Waals surface area contributed by atoms with E-state index in [0.29, 0.717) is 12.8 Å². The lowest BCUT2D eigenvalue weighted by Crippen LogP contribution is -2.42. The topological polar surface area (TPSA) is 69.9 Å². The molecule has 0 fully saturated rings. The van der Waals surface area contributed by atoms with Gasteiger partial charge in [0.1, 0.15) is 0 Å². The number of hydrogen-bond acceptors (Lipinski definition) is 4. The first-order valence-corrected chi connectivity index (χ1v) is 5.09. The largest absolute Gasteiger partial charge is 0.671 e. The monoisotopic (exact) mass is 166 g/mol. The van der Waals surface area contributed by atoms with Gasteiger partial charge in [-0.25, -0.2) is 0 Å². The van der Waals surface area contributed by atoms with Gasteiger partial charge in [0, 0.05) is 0 Å². The normalized spacial score (nSPS) is 12.6. The van der Waals surface area contributed by atoms with Gasteiger partial charge in [-0.3, -0.25) is 0 Å². The molecule has 62 valence electrons. The van der Waals surface area contributed by atoms with Crippen LogP contribution in [0.5, 0.6) is 0 Å². The molecular weight excluding hydrogens is 152 g/mol. The summed E-state index contributed by atoms with van der Waals surface area (Å²) in [6.07, 6.45) is 1.10. The Bertz CT molecular complexity index is 86.1. The first kappa shape index (κ1) is 10.1. The van der Waals surface area contributed by atoms with Crippen LogP contribution in [0.3, 0.4) is 0 Å². The summed E-state index contributed by atoms with van der Waals surface area (Å²) in [5.74, 6) is 0. The molecule has 0 aromatic carbocycles. The highest BCUT2D eigenvalue weighted by molar-refractivity contribution is 6.48. The van der Waals surface area contributed by atoms with E-state index in [1.165, 1.54) is 0 Å². The third-order valence-electron chi connectivity index (χ3n) is 1.24. The molecule has 0 heterocycles. The van der Waals surface area contributed by atoms with Crippen molar-refractivity contribution in [2.24, 2.45) is 0 Å². The second-order valence-corrected chi connectivity index (χ2v) is 3.51. The molecule has 5 heteroatoms. The highest BCUT2D eigenvalue weighted by Gasteiger charge is 2.33. The van der Waals surface area contributed by atoms with Gasteiger partial charge in [-0.05, 0) is 12.8 Å². The molecule has 0 unspecified atom stereocenters. The van der Waals surface area contributed by atoms with E-state index in [-0.39, 0.29) is 6.10 Å². The molecule has 0 aromatic heterocycles. The standard InChI is InChI=1S/C5H14O4Si/c1-3-5(4-2)9-10(6,7)8/h5-8H,3-4H2,1-2H3. The maximum absolute atomic E-state index is 8.48. The Kier molecular flexibility index (Phi) is 4.07. The molecule has 0 aliphatic rings. The van der Waals surface area contributed by atoms with E-state index in [0.717, 1.165) is 0 Å². The zero-order valence-corrected chi connectivity index (χ0v) is 7.24. The van der Waals surface area contributed by atoms with Crippen LogP contribution in [0.25, 0.3) is 0 Å². The molecule has 0 spiro atoms. The molecule has 0 radical (unpaired) electrons. The Labute approximate surface area is 61.6 Å². The van der Waals surface area contributed by atoms with Gasteiger partial charge in [-0.2, -0.15) is 0 Å². The highest BCUT2D eigenvalue weighted by atomic mass is 28.4. The zero-order chi connectivity index (χ0) is 8.20. The molecule has 0 aromatic rings. The second kappa shape index (κ2) is 4.04. The van der Waals surface area contributed by atoms with E-state index < -0.39 is 9.05 Å². The van der Waals surface area contributed by atoms with E-state index in [1.807, 2.05) is 13.8 Å². The molecule has 0 saturated carbocycles. The molecule has 3 N–H and O–H groups in total. The van der Waals surface area contributed by atoms with E-state index in [9.17, 15) is 0 Å². The maximum Gasteiger partial charge on any atom is 0.671 e. The lowest BCUT2D eigenvalue weighted by molar-refractivity contribution is 0.0201. The van der Waals surface area contributed by atoms with Crippen LogP contribution in [0.4, 0.5) is 0 Å². The third kappa shape index (κ3) is 4.89. The molecule has 0 aliphatic carbocycles. The van der Waals surface area contributed by atoms with Crippen LogP contribution in [0.2, 0.25) is 0 Å². The molecule has 0 aliphatic heterocycles. The molecule has 0 saturated heterocycles. The summed E-state index contributed by atoms with van der Waals surface area (Å²) in [7, 11) is -4.26. The van der Waals surface area contributed by atoms with Crippen molar-refractivity contribution in [2.75, 3.05) is 0 Å². The summed E-state index contributed by atoms with van der Waals surface area (Å²) < 4.78 is 4.54. The van der Waals surface area contributed by atoms with Crippen LogP contribution >= 0.6 is 0 Å². The predicted molar refractivity (Wildman–Crippen MR) is 37.9 cm³/mol. The lowest BCUT2D eigenvalue weighted by Gasteiger charge is -2.17. The van der Waals surface area contributed by atoms with Crippen molar-refractivity contribution in [1.29, 1.82) is 0 Å². The van der Waals surface area contributed by atoms with Crippen molar-refractivity contribution in [3.05, 3.63) is 0 Å². The fourth-order valence-electron chi connectivity index (χ4n) is 0.679. The van der Waals surface area contributed by atoms with Gasteiger partial charge in [-0.15, -0.1) is 0 Å². The molecular formula is C5H14O4Si. The minimum absolute atomic E-state index is 0.244. The fourth-order valence-corrected chi connectivity index (χ4v) is 1.46. The Hall–Kier alpha value is 0.0569. The van der Waals surface area contributed by atoms with Crippen LogP contribution in [0, 0.1) is 0 Å². The quantitative estimate of drug-likeness (QED) is 0.497. The first-order chi connectivity index (χ1) is 4.49. The molecule has 0 bridgehead atoms. The molecule has 0 atom stereocenters. The van der Waals surface area contributed by atoms with E-state index in [1.54, 1.807) is 0 Å². The lowest BCUT2D eigenvalue weighted by atomic mass is 10.2. The minimum Gasteiger partial charge on any atom is -0.368 e. The fraction of sp³-hybridized carbons (Fsp3) is 1.00. The number of hydrogen-bond donors (Lipinski definition) is 3. The van der Waals surface area contributed by atoms with Gasteiger partial charge in [-0.1, -0.05) is 13.8 Å². The summed E-state index contributed by atoms with van der Waals surface area (Å²) in [4.78, 5) is 25.4. The Morgan fingerprint density at radius 2 is 1.60 bits per heavy atom. The highest BCUT2D eigenvalue weighted by Crippen LogP contribution is 2.05. The van der Waals surface area contributed by atoms with Crippen molar-refractivity contribution in [1.82, 2.24) is 0 Å². The van der Waals surface area contributed by atoms with Crippen LogP contribution in [-0.4, -0.2) is 29.5 Å². The van der Waals surface area contributed by atoms with Gasteiger partial charge in [0.15, 0.2) is 0 Å². The van der Waals surface area contributed by atoms with Crippen LogP contribution < -0.4 is 0 Å². The minimum atomic E-state index is -4.26. The van der Waals surface area contributed by atoms with Gasteiger partial charge in [0.25, 0.3) is 0 Å². The second-order valence-electron chi connectivity index (χ2n) is 2.13. The van der Waals surface area contributed by atoms with Crippen molar-refractivity contribution in [2.45, 2.75) is 32.8 Å². The molecule has 0 amide bonds. The zero-order valence-electron chi connectivity index (χ0n) is 6.24. The predicted octanol–water partition coefficient (Wildman–Crippen LogP) is -0.396. The summed E-state index contributed by atoms with van der Waals surface area (Å²) in [6.45, 7) is 3.71. The molecule has 4 nitrogen and oxygen atoms in total. The Morgan fingerprint density at radius 1 is 1.20 bits per heavy atom. The number of rotatable bonds is 4. The van der Waals surface area contributed by atoms with Crippen molar-refractivity contribution >= 4 is 9.05 Å². The van der Waals surface area contributed by atoms with Crippen LogP contribution in [0.15, 0.2) is 0 Å². The van der Waals surface area contributed by atoms with Gasteiger partial charge in [0.2, 0.25) is 0 Å². The van der Waals surface area contributed by atoms with Crippen LogP contribution in [0.1, 0.15) is 26.7 Å². The smallest absolute Gasteiger partial charge is 0.368 e. The summed E-state index contributed by atoms with van der Waals surface area (Å²) in [6, 6.07) is 0. The van der Waals surface area contributed by atoms with Crippen molar-refractivity contribution < 1.29 is 18.8 Å². The van der Waals surface area contributed by atoms with E-state index >= 15 is 0 Å². The average Bonchev–Trinajstić information content (AvgIpc) is 1.81. The Morgan fingerprint density at radius 3 is 1.70 bits per heavy atom. The van der Waals surface area contributed by atoms with Crippen molar-refractivity contribution in [3.63, 3.8) is 0 Å². The van der Waals surface area contributed by atoms with E-state index in [4.69, 9.17) is 14.4 Å².